The SMILES string of the molecule is NC(=O)c1ccc(Cl)cc1N[C@@H]1CCCC[C@H]1N. The predicted octanol–water partition coefficient (Wildman–Crippen LogP) is 2.12. The maximum atomic E-state index is 11.4. The topological polar surface area (TPSA) is 81.1 Å². The van der Waals surface area contributed by atoms with Crippen molar-refractivity contribution >= 4 is 23.2 Å². The van der Waals surface area contributed by atoms with Crippen LogP contribution < -0.4 is 16.8 Å². The van der Waals surface area contributed by atoms with Gasteiger partial charge in [-0.15, -0.1) is 0 Å². The van der Waals surface area contributed by atoms with Crippen LogP contribution in [-0.2, 0) is 0 Å². The molecule has 0 unspecified atom stereocenters. The summed E-state index contributed by atoms with van der Waals surface area (Å²) in [5.74, 6) is -0.460. The van der Waals surface area contributed by atoms with Crippen LogP contribution in [0.5, 0.6) is 0 Å². The Kier molecular flexibility index (Phi) is 4.09. The standard InChI is InChI=1S/C13H18ClN3O/c14-8-5-6-9(13(16)18)12(7-8)17-11-4-2-1-3-10(11)15/h5-7,10-11,17H,1-4,15H2,(H2,16,18)/t10-,11-/m1/s1. The first kappa shape index (κ1) is 13.2. The van der Waals surface area contributed by atoms with Crippen LogP contribution in [0, 0.1) is 0 Å². The number of anilines is 1. The number of nitrogens with one attached hydrogen (secondary N) is 1. The summed E-state index contributed by atoms with van der Waals surface area (Å²) in [5.41, 5.74) is 12.6. The predicted molar refractivity (Wildman–Crippen MR) is 73.8 cm³/mol. The number of nitrogens with two attached hydrogens (primary N) is 2. The number of rotatable bonds is 3. The van der Waals surface area contributed by atoms with Crippen molar-refractivity contribution in [2.24, 2.45) is 11.5 Å². The number of hydrogen-bond acceptors (Lipinski definition) is 3. The van der Waals surface area contributed by atoms with E-state index >= 15 is 0 Å². The van der Waals surface area contributed by atoms with Crippen molar-refractivity contribution in [2.45, 2.75) is 37.8 Å². The molecule has 0 bridgehead atoms. The third kappa shape index (κ3) is 2.94. The second-order valence-electron chi connectivity index (χ2n) is 4.75. The number of halogens is 1. The van der Waals surface area contributed by atoms with Gasteiger partial charge in [0, 0.05) is 22.8 Å². The lowest BCUT2D eigenvalue weighted by molar-refractivity contribution is 0.100. The highest BCUT2D eigenvalue weighted by molar-refractivity contribution is 6.31. The highest BCUT2D eigenvalue weighted by atomic mass is 35.5. The molecule has 0 aromatic heterocycles. The fourth-order valence-corrected chi connectivity index (χ4v) is 2.56. The van der Waals surface area contributed by atoms with E-state index in [1.54, 1.807) is 18.2 Å². The maximum absolute atomic E-state index is 11.4. The van der Waals surface area contributed by atoms with Crippen molar-refractivity contribution in [3.05, 3.63) is 28.8 Å². The highest BCUT2D eigenvalue weighted by Gasteiger charge is 2.22. The Morgan fingerprint density at radius 3 is 2.72 bits per heavy atom. The average Bonchev–Trinajstić information content (AvgIpc) is 2.32. The van der Waals surface area contributed by atoms with Crippen molar-refractivity contribution < 1.29 is 4.79 Å². The largest absolute Gasteiger partial charge is 0.380 e. The van der Waals surface area contributed by atoms with Crippen LogP contribution in [0.2, 0.25) is 5.02 Å². The quantitative estimate of drug-likeness (QED) is 0.785. The Morgan fingerprint density at radius 1 is 1.33 bits per heavy atom. The van der Waals surface area contributed by atoms with Crippen LogP contribution in [0.15, 0.2) is 18.2 Å². The molecule has 1 amide bonds. The van der Waals surface area contributed by atoms with Gasteiger partial charge in [0.15, 0.2) is 0 Å². The second-order valence-corrected chi connectivity index (χ2v) is 5.19. The summed E-state index contributed by atoms with van der Waals surface area (Å²) in [6.07, 6.45) is 4.32. The van der Waals surface area contributed by atoms with E-state index in [-0.39, 0.29) is 12.1 Å². The van der Waals surface area contributed by atoms with Crippen molar-refractivity contribution in [3.8, 4) is 0 Å². The van der Waals surface area contributed by atoms with Crippen LogP contribution in [0.3, 0.4) is 0 Å². The number of carbonyl (C=O) groups is 1. The summed E-state index contributed by atoms with van der Waals surface area (Å²) < 4.78 is 0. The highest BCUT2D eigenvalue weighted by Crippen LogP contribution is 2.25. The number of amides is 1. The molecule has 5 N–H and O–H groups in total. The van der Waals surface area contributed by atoms with E-state index in [4.69, 9.17) is 23.1 Å². The third-order valence-corrected chi connectivity index (χ3v) is 3.64. The fraction of sp³-hybridized carbons (Fsp3) is 0.462. The molecular formula is C13H18ClN3O. The van der Waals surface area contributed by atoms with E-state index in [0.717, 1.165) is 25.7 Å². The average molecular weight is 268 g/mol. The molecule has 1 saturated carbocycles. The summed E-state index contributed by atoms with van der Waals surface area (Å²) >= 11 is 5.95. The number of carbonyl (C=O) groups excluding carboxylic acids is 1. The molecule has 0 aliphatic heterocycles. The van der Waals surface area contributed by atoms with Gasteiger partial charge in [0.05, 0.1) is 5.56 Å². The lowest BCUT2D eigenvalue weighted by Gasteiger charge is -2.30. The van der Waals surface area contributed by atoms with Gasteiger partial charge in [0.25, 0.3) is 5.91 Å². The summed E-state index contributed by atoms with van der Waals surface area (Å²) in [7, 11) is 0. The first-order valence-corrected chi connectivity index (χ1v) is 6.57. The van der Waals surface area contributed by atoms with E-state index in [0.29, 0.717) is 16.3 Å². The zero-order valence-corrected chi connectivity index (χ0v) is 10.9. The van der Waals surface area contributed by atoms with Gasteiger partial charge in [-0.2, -0.15) is 0 Å². The van der Waals surface area contributed by atoms with E-state index in [1.807, 2.05) is 0 Å². The van der Waals surface area contributed by atoms with Gasteiger partial charge in [-0.3, -0.25) is 4.79 Å². The van der Waals surface area contributed by atoms with Crippen molar-refractivity contribution in [2.75, 3.05) is 5.32 Å². The van der Waals surface area contributed by atoms with Crippen molar-refractivity contribution in [1.82, 2.24) is 0 Å². The monoisotopic (exact) mass is 267 g/mol. The van der Waals surface area contributed by atoms with Crippen LogP contribution in [0.4, 0.5) is 5.69 Å². The van der Waals surface area contributed by atoms with Crippen molar-refractivity contribution in [3.63, 3.8) is 0 Å². The molecule has 2 rings (SSSR count). The molecule has 1 aromatic carbocycles. The molecular weight excluding hydrogens is 250 g/mol. The summed E-state index contributed by atoms with van der Waals surface area (Å²) in [6.45, 7) is 0. The molecule has 4 nitrogen and oxygen atoms in total. The van der Waals surface area contributed by atoms with Gasteiger partial charge in [0.2, 0.25) is 0 Å². The Bertz CT molecular complexity index is 450. The molecule has 0 radical (unpaired) electrons. The molecule has 0 spiro atoms. The Labute approximate surface area is 112 Å². The molecule has 1 fully saturated rings. The molecule has 1 aliphatic rings. The van der Waals surface area contributed by atoms with Crippen LogP contribution in [0.1, 0.15) is 36.0 Å². The smallest absolute Gasteiger partial charge is 0.250 e. The lowest BCUT2D eigenvalue weighted by Crippen LogP contribution is -2.42. The van der Waals surface area contributed by atoms with Crippen LogP contribution in [0.25, 0.3) is 0 Å². The summed E-state index contributed by atoms with van der Waals surface area (Å²) in [4.78, 5) is 11.4. The molecule has 1 aromatic rings. The minimum absolute atomic E-state index is 0.110. The number of primary amides is 1. The zero-order valence-electron chi connectivity index (χ0n) is 10.2. The fourth-order valence-electron chi connectivity index (χ4n) is 2.39. The Hall–Kier alpha value is -1.26. The van der Waals surface area contributed by atoms with Crippen LogP contribution >= 0.6 is 11.6 Å². The van der Waals surface area contributed by atoms with Gasteiger partial charge in [-0.1, -0.05) is 24.4 Å². The lowest BCUT2D eigenvalue weighted by atomic mass is 9.90. The zero-order chi connectivity index (χ0) is 13.1. The van der Waals surface area contributed by atoms with Gasteiger partial charge in [-0.05, 0) is 31.0 Å². The Morgan fingerprint density at radius 2 is 2.06 bits per heavy atom. The molecule has 1 aliphatic carbocycles. The summed E-state index contributed by atoms with van der Waals surface area (Å²) in [5, 5.41) is 3.89. The minimum atomic E-state index is -0.460. The van der Waals surface area contributed by atoms with E-state index in [1.165, 1.54) is 0 Å². The Balaban J connectivity index is 2.21. The third-order valence-electron chi connectivity index (χ3n) is 3.41. The van der Waals surface area contributed by atoms with Crippen LogP contribution in [-0.4, -0.2) is 18.0 Å². The molecule has 2 atom stereocenters. The first-order chi connectivity index (χ1) is 8.58. The van der Waals surface area contributed by atoms with E-state index < -0.39 is 5.91 Å². The molecule has 18 heavy (non-hydrogen) atoms. The normalized spacial score (nSPS) is 23.7. The molecule has 0 saturated heterocycles. The second kappa shape index (κ2) is 5.59. The molecule has 0 heterocycles. The number of benzene rings is 1. The maximum Gasteiger partial charge on any atom is 0.250 e. The van der Waals surface area contributed by atoms with Crippen molar-refractivity contribution in [1.29, 1.82) is 0 Å². The van der Waals surface area contributed by atoms with E-state index in [2.05, 4.69) is 5.32 Å². The minimum Gasteiger partial charge on any atom is -0.380 e. The number of hydrogen-bond donors (Lipinski definition) is 3. The summed E-state index contributed by atoms with van der Waals surface area (Å²) in [6, 6.07) is 5.31. The van der Waals surface area contributed by atoms with Gasteiger partial charge >= 0.3 is 0 Å². The first-order valence-electron chi connectivity index (χ1n) is 6.19. The van der Waals surface area contributed by atoms with Gasteiger partial charge < -0.3 is 16.8 Å². The molecule has 98 valence electrons. The molecule has 5 heteroatoms. The van der Waals surface area contributed by atoms with E-state index in [9.17, 15) is 4.79 Å². The van der Waals surface area contributed by atoms with Gasteiger partial charge in [0.1, 0.15) is 0 Å². The van der Waals surface area contributed by atoms with Gasteiger partial charge in [-0.25, -0.2) is 0 Å².